The first-order valence-electron chi connectivity index (χ1n) is 10.2. The standard InChI is InChI=1S/C20H32N6O4S/c1-15(2)10-11-22-12-17(8-9-18(27)24-20(21)25-26(29)30)23-19(28)14-31-13-16-6-4-3-5-7-16/h3-7,15,17,22H,8-14H2,1-2H3,(H,23,28)(H3,21,24,25,27)/t17-/m1/s1. The topological polar surface area (TPSA) is 149 Å². The number of carbonyl (C=O) groups excluding carboxylic acids is 2. The highest BCUT2D eigenvalue weighted by atomic mass is 32.2. The normalized spacial score (nSPS) is 11.6. The number of benzene rings is 1. The highest BCUT2D eigenvalue weighted by Crippen LogP contribution is 2.11. The summed E-state index contributed by atoms with van der Waals surface area (Å²) in [6.45, 7) is 5.57. The zero-order chi connectivity index (χ0) is 23.1. The molecule has 0 spiro atoms. The molecule has 0 unspecified atom stereocenters. The first kappa shape index (κ1) is 26.4. The summed E-state index contributed by atoms with van der Waals surface area (Å²) in [6, 6.07) is 9.62. The van der Waals surface area contributed by atoms with Crippen LogP contribution in [0.4, 0.5) is 0 Å². The number of amides is 2. The van der Waals surface area contributed by atoms with Gasteiger partial charge < -0.3 is 10.6 Å². The summed E-state index contributed by atoms with van der Waals surface area (Å²) in [4.78, 5) is 34.6. The van der Waals surface area contributed by atoms with E-state index in [-0.39, 0.29) is 18.4 Å². The Morgan fingerprint density at radius 3 is 2.52 bits per heavy atom. The van der Waals surface area contributed by atoms with Crippen LogP contribution in [0.15, 0.2) is 30.3 Å². The van der Waals surface area contributed by atoms with Crippen LogP contribution >= 0.6 is 11.8 Å². The van der Waals surface area contributed by atoms with Gasteiger partial charge in [0, 0.05) is 24.8 Å². The Morgan fingerprint density at radius 2 is 1.87 bits per heavy atom. The lowest BCUT2D eigenvalue weighted by Crippen LogP contribution is -2.45. The van der Waals surface area contributed by atoms with Crippen LogP contribution in [0.3, 0.4) is 0 Å². The molecule has 0 heterocycles. The van der Waals surface area contributed by atoms with Crippen LogP contribution in [0.5, 0.6) is 0 Å². The van der Waals surface area contributed by atoms with E-state index in [1.165, 1.54) is 11.8 Å². The summed E-state index contributed by atoms with van der Waals surface area (Å²) in [5.74, 6) is 0.267. The Morgan fingerprint density at radius 1 is 1.16 bits per heavy atom. The molecule has 0 saturated heterocycles. The molecule has 0 aliphatic heterocycles. The van der Waals surface area contributed by atoms with Gasteiger partial charge in [0.2, 0.25) is 11.8 Å². The highest BCUT2D eigenvalue weighted by Gasteiger charge is 2.16. The molecule has 0 radical (unpaired) electrons. The van der Waals surface area contributed by atoms with Gasteiger partial charge in [-0.15, -0.1) is 11.8 Å². The molecule has 0 aliphatic rings. The molecule has 0 saturated carbocycles. The fraction of sp³-hybridized carbons (Fsp3) is 0.550. The van der Waals surface area contributed by atoms with E-state index in [1.54, 1.807) is 5.43 Å². The first-order valence-corrected chi connectivity index (χ1v) is 11.3. The van der Waals surface area contributed by atoms with Crippen molar-refractivity contribution < 1.29 is 14.6 Å². The average molecular weight is 453 g/mol. The molecule has 1 atom stereocenters. The number of thioether (sulfide) groups is 1. The number of nitrogens with one attached hydrogen (secondary N) is 5. The van der Waals surface area contributed by atoms with Gasteiger partial charge in [0.25, 0.3) is 5.96 Å². The molecule has 1 aromatic carbocycles. The van der Waals surface area contributed by atoms with E-state index in [0.717, 1.165) is 24.3 Å². The Hall–Kier alpha value is -2.66. The van der Waals surface area contributed by atoms with Crippen molar-refractivity contribution >= 4 is 29.5 Å². The lowest BCUT2D eigenvalue weighted by atomic mass is 10.1. The molecule has 1 aromatic rings. The van der Waals surface area contributed by atoms with Crippen molar-refractivity contribution in [3.63, 3.8) is 0 Å². The third-order valence-electron chi connectivity index (χ3n) is 4.19. The largest absolute Gasteiger partial charge is 0.351 e. The van der Waals surface area contributed by atoms with Gasteiger partial charge in [0.15, 0.2) is 5.03 Å². The number of hydrogen-bond acceptors (Lipinski definition) is 7. The van der Waals surface area contributed by atoms with Crippen molar-refractivity contribution in [3.8, 4) is 0 Å². The number of nitrogens with zero attached hydrogens (tertiary/aromatic N) is 1. The monoisotopic (exact) mass is 452 g/mol. The average Bonchev–Trinajstić information content (AvgIpc) is 2.69. The number of carbonyl (C=O) groups is 2. The van der Waals surface area contributed by atoms with Gasteiger partial charge in [0.05, 0.1) is 5.75 Å². The molecule has 0 aromatic heterocycles. The van der Waals surface area contributed by atoms with Crippen LogP contribution in [0, 0.1) is 21.4 Å². The Labute approximate surface area is 186 Å². The lowest BCUT2D eigenvalue weighted by molar-refractivity contribution is -0.525. The number of hydrogen-bond donors (Lipinski definition) is 5. The third-order valence-corrected chi connectivity index (χ3v) is 5.19. The number of guanidine groups is 1. The van der Waals surface area contributed by atoms with Crippen molar-refractivity contribution in [2.45, 2.75) is 44.9 Å². The number of nitro groups is 1. The lowest BCUT2D eigenvalue weighted by Gasteiger charge is -2.20. The quantitative estimate of drug-likeness (QED) is 0.0947. The minimum absolute atomic E-state index is 0.0236. The summed E-state index contributed by atoms with van der Waals surface area (Å²) >= 11 is 1.52. The van der Waals surface area contributed by atoms with Crippen molar-refractivity contribution in [1.29, 1.82) is 5.41 Å². The third kappa shape index (κ3) is 14.1. The van der Waals surface area contributed by atoms with Gasteiger partial charge in [-0.1, -0.05) is 49.6 Å². The SMILES string of the molecule is CC(C)CCNC[C@@H](CCC(=O)NC(=N)N[N+](=O)[O-])NC(=O)CSCc1ccccc1. The van der Waals surface area contributed by atoms with E-state index >= 15 is 0 Å². The second-order valence-corrected chi connectivity index (χ2v) is 8.45. The molecule has 5 N–H and O–H groups in total. The molecule has 31 heavy (non-hydrogen) atoms. The Kier molecular flexibility index (Phi) is 12.9. The minimum atomic E-state index is -0.919. The molecule has 1 rings (SSSR count). The molecule has 0 bridgehead atoms. The van der Waals surface area contributed by atoms with E-state index in [0.29, 0.717) is 24.6 Å². The minimum Gasteiger partial charge on any atom is -0.351 e. The van der Waals surface area contributed by atoms with Gasteiger partial charge in [0.1, 0.15) is 0 Å². The van der Waals surface area contributed by atoms with Gasteiger partial charge in [-0.2, -0.15) is 0 Å². The summed E-state index contributed by atoms with van der Waals surface area (Å²) in [7, 11) is 0. The van der Waals surface area contributed by atoms with E-state index in [9.17, 15) is 19.7 Å². The van der Waals surface area contributed by atoms with Crippen LogP contribution < -0.4 is 21.4 Å². The van der Waals surface area contributed by atoms with Gasteiger partial charge in [-0.25, -0.2) is 10.1 Å². The first-order chi connectivity index (χ1) is 14.8. The van der Waals surface area contributed by atoms with E-state index in [1.807, 2.05) is 30.3 Å². The Bertz CT molecular complexity index is 717. The zero-order valence-electron chi connectivity index (χ0n) is 18.0. The summed E-state index contributed by atoms with van der Waals surface area (Å²) in [5.41, 5.74) is 2.72. The maximum Gasteiger partial charge on any atom is 0.258 e. The Balaban J connectivity index is 2.45. The fourth-order valence-electron chi connectivity index (χ4n) is 2.62. The van der Waals surface area contributed by atoms with Crippen LogP contribution in [-0.4, -0.2) is 47.7 Å². The summed E-state index contributed by atoms with van der Waals surface area (Å²) in [6.07, 6.45) is 1.37. The van der Waals surface area contributed by atoms with Crippen LogP contribution in [0.2, 0.25) is 0 Å². The fourth-order valence-corrected chi connectivity index (χ4v) is 3.42. The maximum atomic E-state index is 12.3. The van der Waals surface area contributed by atoms with Gasteiger partial charge >= 0.3 is 0 Å². The second kappa shape index (κ2) is 15.2. The molecule has 11 heteroatoms. The maximum absolute atomic E-state index is 12.3. The predicted octanol–water partition coefficient (Wildman–Crippen LogP) is 1.65. The van der Waals surface area contributed by atoms with E-state index in [4.69, 9.17) is 5.41 Å². The van der Waals surface area contributed by atoms with Crippen molar-refractivity contribution in [1.82, 2.24) is 21.4 Å². The predicted molar refractivity (Wildman–Crippen MR) is 122 cm³/mol. The van der Waals surface area contributed by atoms with Crippen molar-refractivity contribution in [2.75, 3.05) is 18.8 Å². The molecule has 0 aliphatic carbocycles. The molecule has 10 nitrogen and oxygen atoms in total. The number of hydrazine groups is 1. The van der Waals surface area contributed by atoms with Crippen LogP contribution in [-0.2, 0) is 15.3 Å². The molecular formula is C20H32N6O4S. The van der Waals surface area contributed by atoms with Crippen LogP contribution in [0.25, 0.3) is 0 Å². The summed E-state index contributed by atoms with van der Waals surface area (Å²) in [5, 5.41) is 25.0. The highest BCUT2D eigenvalue weighted by molar-refractivity contribution is 7.99. The molecule has 0 fully saturated rings. The zero-order valence-corrected chi connectivity index (χ0v) is 18.8. The van der Waals surface area contributed by atoms with E-state index < -0.39 is 16.9 Å². The smallest absolute Gasteiger partial charge is 0.258 e. The van der Waals surface area contributed by atoms with Crippen molar-refractivity contribution in [2.24, 2.45) is 5.92 Å². The van der Waals surface area contributed by atoms with E-state index in [2.05, 4.69) is 29.8 Å². The second-order valence-electron chi connectivity index (χ2n) is 7.46. The van der Waals surface area contributed by atoms with Gasteiger partial charge in [-0.05, 0) is 30.9 Å². The van der Waals surface area contributed by atoms with Gasteiger partial charge in [-0.3, -0.25) is 20.3 Å². The molecular weight excluding hydrogens is 420 g/mol. The number of rotatable bonds is 14. The summed E-state index contributed by atoms with van der Waals surface area (Å²) < 4.78 is 0. The molecule has 172 valence electrons. The van der Waals surface area contributed by atoms with Crippen LogP contribution in [0.1, 0.15) is 38.7 Å². The molecule has 2 amide bonds. The van der Waals surface area contributed by atoms with Crippen molar-refractivity contribution in [3.05, 3.63) is 46.0 Å².